The summed E-state index contributed by atoms with van der Waals surface area (Å²) >= 11 is 3.11. The summed E-state index contributed by atoms with van der Waals surface area (Å²) in [5, 5.41) is 11.3. The minimum Gasteiger partial charge on any atom is -0.506 e. The molecule has 0 saturated heterocycles. The lowest BCUT2D eigenvalue weighted by Gasteiger charge is -1.99. The number of carbonyl (C=O) groups excluding carboxylic acids is 1. The van der Waals surface area contributed by atoms with Crippen molar-refractivity contribution in [3.8, 4) is 5.75 Å². The smallest absolute Gasteiger partial charge is 0.200 e. The van der Waals surface area contributed by atoms with E-state index < -0.39 is 0 Å². The van der Waals surface area contributed by atoms with Crippen LogP contribution in [0, 0.1) is 0 Å². The third-order valence-corrected chi connectivity index (χ3v) is 6.85. The molecule has 2 nitrogen and oxygen atoms in total. The van der Waals surface area contributed by atoms with Crippen molar-refractivity contribution in [3.63, 3.8) is 0 Å². The van der Waals surface area contributed by atoms with E-state index in [-0.39, 0.29) is 5.78 Å². The van der Waals surface area contributed by atoms with Crippen molar-refractivity contribution in [2.45, 2.75) is 24.7 Å². The summed E-state index contributed by atoms with van der Waals surface area (Å²) in [5.41, 5.74) is 1.92. The third kappa shape index (κ3) is 3.71. The van der Waals surface area contributed by atoms with Crippen LogP contribution in [0.2, 0.25) is 0 Å². The lowest BCUT2D eigenvalue weighted by molar-refractivity contribution is 0.104. The van der Waals surface area contributed by atoms with Crippen LogP contribution in [0.3, 0.4) is 0 Å². The summed E-state index contributed by atoms with van der Waals surface area (Å²) in [6, 6.07) is 15.6. The summed E-state index contributed by atoms with van der Waals surface area (Å²) in [6.07, 6.45) is 9.89. The van der Waals surface area contributed by atoms with E-state index in [0.29, 0.717) is 5.75 Å². The quantitative estimate of drug-likeness (QED) is 0.360. The number of Topliss-reactive ketones (excluding diaryl/α,β-unsaturated/α-hetero) is 1. The molecule has 0 spiro atoms. The van der Waals surface area contributed by atoms with Gasteiger partial charge in [0.25, 0.3) is 0 Å². The van der Waals surface area contributed by atoms with Gasteiger partial charge >= 0.3 is 0 Å². The van der Waals surface area contributed by atoms with E-state index in [4.69, 9.17) is 0 Å². The highest BCUT2D eigenvalue weighted by Crippen LogP contribution is 2.40. The van der Waals surface area contributed by atoms with Crippen LogP contribution in [0.4, 0.5) is 0 Å². The van der Waals surface area contributed by atoms with Gasteiger partial charge in [0, 0.05) is 20.5 Å². The van der Waals surface area contributed by atoms with Gasteiger partial charge in [0.2, 0.25) is 5.78 Å². The van der Waals surface area contributed by atoms with Gasteiger partial charge in [-0.05, 0) is 48.4 Å². The zero-order valence-corrected chi connectivity index (χ0v) is 17.1. The molecule has 1 N–H and O–H groups in total. The van der Waals surface area contributed by atoms with Gasteiger partial charge < -0.3 is 5.11 Å². The highest BCUT2D eigenvalue weighted by molar-refractivity contribution is 8.04. The molecular formula is C24H20O2S2. The van der Waals surface area contributed by atoms with E-state index in [9.17, 15) is 9.90 Å². The Hall–Kier alpha value is -2.56. The lowest BCUT2D eigenvalue weighted by atomic mass is 10.1. The van der Waals surface area contributed by atoms with Crippen LogP contribution >= 0.6 is 23.1 Å². The minimum atomic E-state index is 0.0961. The van der Waals surface area contributed by atoms with Crippen LogP contribution in [0.1, 0.15) is 35.0 Å². The molecule has 1 aliphatic heterocycles. The maximum Gasteiger partial charge on any atom is 0.200 e. The largest absolute Gasteiger partial charge is 0.506 e. The first-order valence-electron chi connectivity index (χ1n) is 9.28. The molecule has 4 rings (SSSR count). The SMILES string of the molecule is CCCC(C=Cc1sc2ccccc2c1O)=CC=C1Sc2ccccc2C1=O. The average Bonchev–Trinajstić information content (AvgIpc) is 3.21. The van der Waals surface area contributed by atoms with Crippen molar-refractivity contribution in [2.24, 2.45) is 0 Å². The third-order valence-electron chi connectivity index (χ3n) is 4.61. The highest BCUT2D eigenvalue weighted by Gasteiger charge is 2.24. The number of aromatic hydroxyl groups is 1. The van der Waals surface area contributed by atoms with Crippen molar-refractivity contribution in [3.05, 3.63) is 87.7 Å². The number of allylic oxidation sites excluding steroid dienone is 5. The topological polar surface area (TPSA) is 37.3 Å². The number of carbonyl (C=O) groups is 1. The molecule has 1 aliphatic rings. The molecule has 28 heavy (non-hydrogen) atoms. The van der Waals surface area contributed by atoms with Gasteiger partial charge in [0.15, 0.2) is 0 Å². The van der Waals surface area contributed by atoms with Crippen molar-refractivity contribution in [2.75, 3.05) is 0 Å². The minimum absolute atomic E-state index is 0.0961. The van der Waals surface area contributed by atoms with Gasteiger partial charge in [-0.2, -0.15) is 0 Å². The number of rotatable bonds is 5. The van der Waals surface area contributed by atoms with Gasteiger partial charge in [0.05, 0.1) is 9.78 Å². The Morgan fingerprint density at radius 1 is 1.11 bits per heavy atom. The molecule has 0 radical (unpaired) electrons. The van der Waals surface area contributed by atoms with Crippen LogP contribution in [0.25, 0.3) is 16.2 Å². The molecule has 2 heterocycles. The fourth-order valence-electron chi connectivity index (χ4n) is 3.19. The molecule has 0 aliphatic carbocycles. The first-order valence-corrected chi connectivity index (χ1v) is 10.9. The number of hydrogen-bond acceptors (Lipinski definition) is 4. The number of benzene rings is 2. The molecule has 1 aromatic heterocycles. The standard InChI is InChI=1S/C24H20O2S2/c1-2-7-16(12-14-21-23(25)17-8-3-5-10-19(17)27-21)13-15-22-24(26)18-9-4-6-11-20(18)28-22/h3-6,8-15,25H,2,7H2,1H3. The molecule has 0 unspecified atom stereocenters. The molecule has 3 aromatic rings. The predicted octanol–water partition coefficient (Wildman–Crippen LogP) is 7.22. The molecule has 0 fully saturated rings. The predicted molar refractivity (Wildman–Crippen MR) is 120 cm³/mol. The highest BCUT2D eigenvalue weighted by atomic mass is 32.2. The van der Waals surface area contributed by atoms with E-state index in [1.165, 1.54) is 11.8 Å². The molecule has 0 amide bonds. The van der Waals surface area contributed by atoms with Crippen molar-refractivity contribution in [1.82, 2.24) is 0 Å². The number of fused-ring (bicyclic) bond motifs is 2. The Bertz CT molecular complexity index is 1130. The number of ketones is 1. The summed E-state index contributed by atoms with van der Waals surface area (Å²) in [5.74, 6) is 0.432. The molecular weight excluding hydrogens is 384 g/mol. The van der Waals surface area contributed by atoms with Crippen LogP contribution in [-0.2, 0) is 0 Å². The lowest BCUT2D eigenvalue weighted by Crippen LogP contribution is -1.93. The Morgan fingerprint density at radius 2 is 1.89 bits per heavy atom. The maximum absolute atomic E-state index is 12.5. The van der Waals surface area contributed by atoms with E-state index in [2.05, 4.69) is 6.92 Å². The first kappa shape index (κ1) is 18.8. The van der Waals surface area contributed by atoms with Crippen molar-refractivity contribution >= 4 is 45.0 Å². The van der Waals surface area contributed by atoms with Gasteiger partial charge in [0.1, 0.15) is 5.75 Å². The van der Waals surface area contributed by atoms with Crippen LogP contribution in [-0.4, -0.2) is 10.9 Å². The fourth-order valence-corrected chi connectivity index (χ4v) is 5.18. The summed E-state index contributed by atoms with van der Waals surface area (Å²) in [7, 11) is 0. The van der Waals surface area contributed by atoms with Gasteiger partial charge in [-0.15, -0.1) is 11.3 Å². The second kappa shape index (κ2) is 8.21. The van der Waals surface area contributed by atoms with E-state index in [0.717, 1.165) is 48.7 Å². The van der Waals surface area contributed by atoms with Gasteiger partial charge in [-0.3, -0.25) is 4.79 Å². The normalized spacial score (nSPS) is 15.8. The Balaban J connectivity index is 1.60. The zero-order chi connectivity index (χ0) is 19.5. The zero-order valence-electron chi connectivity index (χ0n) is 15.5. The Labute approximate surface area is 172 Å². The molecule has 0 saturated carbocycles. The van der Waals surface area contributed by atoms with Crippen LogP contribution in [0.15, 0.2) is 82.1 Å². The fraction of sp³-hybridized carbons (Fsp3) is 0.125. The van der Waals surface area contributed by atoms with E-state index in [1.807, 2.05) is 72.8 Å². The molecule has 0 bridgehead atoms. The molecule has 2 aromatic carbocycles. The first-order chi connectivity index (χ1) is 13.7. The Morgan fingerprint density at radius 3 is 2.68 bits per heavy atom. The molecule has 140 valence electrons. The molecule has 0 atom stereocenters. The summed E-state index contributed by atoms with van der Waals surface area (Å²) in [4.78, 5) is 15.2. The van der Waals surface area contributed by atoms with Gasteiger partial charge in [-0.25, -0.2) is 0 Å². The molecule has 4 heteroatoms. The van der Waals surface area contributed by atoms with Crippen LogP contribution in [0.5, 0.6) is 5.75 Å². The number of thioether (sulfide) groups is 1. The van der Waals surface area contributed by atoms with E-state index >= 15 is 0 Å². The van der Waals surface area contributed by atoms with Gasteiger partial charge in [-0.1, -0.05) is 61.5 Å². The maximum atomic E-state index is 12.5. The second-order valence-electron chi connectivity index (χ2n) is 6.59. The summed E-state index contributed by atoms with van der Waals surface area (Å²) in [6.45, 7) is 2.14. The van der Waals surface area contributed by atoms with Crippen LogP contribution < -0.4 is 0 Å². The van der Waals surface area contributed by atoms with Crippen molar-refractivity contribution in [1.29, 1.82) is 0 Å². The Kier molecular flexibility index (Phi) is 5.51. The number of hydrogen-bond donors (Lipinski definition) is 1. The van der Waals surface area contributed by atoms with E-state index in [1.54, 1.807) is 11.3 Å². The number of thiophene rings is 1. The van der Waals surface area contributed by atoms with Crippen molar-refractivity contribution < 1.29 is 9.90 Å². The second-order valence-corrected chi connectivity index (χ2v) is 8.76. The monoisotopic (exact) mass is 404 g/mol. The summed E-state index contributed by atoms with van der Waals surface area (Å²) < 4.78 is 1.08. The average molecular weight is 405 g/mol.